The largest absolute Gasteiger partial charge is 0.466 e. The molecule has 162 valence electrons. The summed E-state index contributed by atoms with van der Waals surface area (Å²) in [4.78, 5) is 48.4. The Kier molecular flexibility index (Phi) is 8.22. The number of rotatable bonds is 7. The monoisotopic (exact) mass is 436 g/mol. The van der Waals surface area contributed by atoms with Gasteiger partial charge in [-0.15, -0.1) is 0 Å². The highest BCUT2D eigenvalue weighted by atomic mass is 32.1. The van der Waals surface area contributed by atoms with Gasteiger partial charge in [0.2, 0.25) is 5.91 Å². The Morgan fingerprint density at radius 2 is 2.03 bits per heavy atom. The summed E-state index contributed by atoms with van der Waals surface area (Å²) in [5, 5.41) is 15.9. The molecule has 2 amide bonds. The van der Waals surface area contributed by atoms with Crippen molar-refractivity contribution in [1.82, 2.24) is 15.5 Å². The topological polar surface area (TPSA) is 131 Å². The SMILES string of the molecule is CC(C)CCOC(=O)CC1C(=O)NCCN1C(=S)NC(=O)c1ccc([N+](=O)[O-])cc1. The summed E-state index contributed by atoms with van der Waals surface area (Å²) in [6.07, 6.45) is 0.521. The van der Waals surface area contributed by atoms with Crippen LogP contribution in [0.15, 0.2) is 24.3 Å². The van der Waals surface area contributed by atoms with Crippen LogP contribution in [0.2, 0.25) is 0 Å². The van der Waals surface area contributed by atoms with E-state index in [1.165, 1.54) is 29.2 Å². The second kappa shape index (κ2) is 10.6. The molecule has 0 aliphatic carbocycles. The first kappa shape index (κ1) is 23.2. The maximum absolute atomic E-state index is 12.4. The first-order valence-corrected chi connectivity index (χ1v) is 9.89. The molecule has 1 atom stereocenters. The zero-order valence-electron chi connectivity index (χ0n) is 16.8. The zero-order valence-corrected chi connectivity index (χ0v) is 17.6. The van der Waals surface area contributed by atoms with Crippen molar-refractivity contribution in [3.05, 3.63) is 39.9 Å². The maximum Gasteiger partial charge on any atom is 0.308 e. The molecule has 1 aliphatic rings. The Labute approximate surface area is 179 Å². The van der Waals surface area contributed by atoms with Gasteiger partial charge in [0, 0.05) is 30.8 Å². The lowest BCUT2D eigenvalue weighted by Crippen LogP contribution is -2.60. The highest BCUT2D eigenvalue weighted by molar-refractivity contribution is 7.80. The number of esters is 1. The van der Waals surface area contributed by atoms with E-state index in [2.05, 4.69) is 10.6 Å². The summed E-state index contributed by atoms with van der Waals surface area (Å²) < 4.78 is 5.18. The molecule has 1 saturated heterocycles. The average Bonchev–Trinajstić information content (AvgIpc) is 2.69. The summed E-state index contributed by atoms with van der Waals surface area (Å²) in [7, 11) is 0. The molecular weight excluding hydrogens is 412 g/mol. The Morgan fingerprint density at radius 1 is 1.37 bits per heavy atom. The molecule has 1 heterocycles. The second-order valence-corrected chi connectivity index (χ2v) is 7.56. The molecule has 2 rings (SSSR count). The van der Waals surface area contributed by atoms with E-state index in [0.29, 0.717) is 19.0 Å². The fourth-order valence-corrected chi connectivity index (χ4v) is 3.07. The molecular formula is C19H24N4O6S. The minimum atomic E-state index is -0.894. The van der Waals surface area contributed by atoms with Crippen molar-refractivity contribution in [2.24, 2.45) is 5.92 Å². The van der Waals surface area contributed by atoms with Crippen LogP contribution in [0.4, 0.5) is 5.69 Å². The standard InChI is InChI=1S/C19H24N4O6S/c1-12(2)7-10-29-16(24)11-15-18(26)20-8-9-22(15)19(30)21-17(25)13-3-5-14(6-4-13)23(27)28/h3-6,12,15H,7-11H2,1-2H3,(H,20,26)(H,21,25,30). The van der Waals surface area contributed by atoms with Gasteiger partial charge in [0.1, 0.15) is 6.04 Å². The van der Waals surface area contributed by atoms with Gasteiger partial charge in [0.25, 0.3) is 11.6 Å². The number of carbonyl (C=O) groups is 3. The molecule has 1 aromatic carbocycles. The molecule has 1 fully saturated rings. The average molecular weight is 436 g/mol. The Bertz CT molecular complexity index is 827. The lowest BCUT2D eigenvalue weighted by molar-refractivity contribution is -0.384. The van der Waals surface area contributed by atoms with Crippen molar-refractivity contribution in [3.63, 3.8) is 0 Å². The number of hydrogen-bond acceptors (Lipinski definition) is 7. The number of nitro benzene ring substituents is 1. The van der Waals surface area contributed by atoms with Gasteiger partial charge in [-0.05, 0) is 36.7 Å². The molecule has 1 aromatic rings. The molecule has 30 heavy (non-hydrogen) atoms. The van der Waals surface area contributed by atoms with Crippen LogP contribution in [0.3, 0.4) is 0 Å². The molecule has 0 radical (unpaired) electrons. The number of piperazine rings is 1. The van der Waals surface area contributed by atoms with E-state index in [1.807, 2.05) is 13.8 Å². The molecule has 11 heteroatoms. The number of nitro groups is 1. The van der Waals surface area contributed by atoms with Gasteiger partial charge in [0.15, 0.2) is 5.11 Å². The van der Waals surface area contributed by atoms with Crippen molar-refractivity contribution in [2.75, 3.05) is 19.7 Å². The summed E-state index contributed by atoms with van der Waals surface area (Å²) >= 11 is 5.28. The van der Waals surface area contributed by atoms with Crippen LogP contribution in [-0.2, 0) is 14.3 Å². The first-order valence-electron chi connectivity index (χ1n) is 9.48. The summed E-state index contributed by atoms with van der Waals surface area (Å²) in [5.41, 5.74) is 0.0342. The van der Waals surface area contributed by atoms with Gasteiger partial charge in [-0.2, -0.15) is 0 Å². The van der Waals surface area contributed by atoms with Crippen molar-refractivity contribution >= 4 is 40.8 Å². The third-order valence-electron chi connectivity index (χ3n) is 4.47. The van der Waals surface area contributed by atoms with Crippen molar-refractivity contribution in [3.8, 4) is 0 Å². The van der Waals surface area contributed by atoms with Gasteiger partial charge in [-0.1, -0.05) is 13.8 Å². The molecule has 1 aliphatic heterocycles. The van der Waals surface area contributed by atoms with E-state index < -0.39 is 22.8 Å². The van der Waals surface area contributed by atoms with Gasteiger partial charge in [0.05, 0.1) is 18.0 Å². The number of hydrogen-bond donors (Lipinski definition) is 2. The number of nitrogens with zero attached hydrogens (tertiary/aromatic N) is 2. The predicted molar refractivity (Wildman–Crippen MR) is 112 cm³/mol. The van der Waals surface area contributed by atoms with E-state index in [-0.39, 0.29) is 35.3 Å². The third-order valence-corrected chi connectivity index (χ3v) is 4.81. The number of benzene rings is 1. The van der Waals surface area contributed by atoms with Crippen LogP contribution in [0.5, 0.6) is 0 Å². The highest BCUT2D eigenvalue weighted by Crippen LogP contribution is 2.14. The predicted octanol–water partition coefficient (Wildman–Crippen LogP) is 1.39. The number of carbonyl (C=O) groups excluding carboxylic acids is 3. The van der Waals surface area contributed by atoms with Gasteiger partial charge < -0.3 is 15.0 Å². The summed E-state index contributed by atoms with van der Waals surface area (Å²) in [6.45, 7) is 4.92. The lowest BCUT2D eigenvalue weighted by atomic mass is 10.1. The fourth-order valence-electron chi connectivity index (χ4n) is 2.76. The van der Waals surface area contributed by atoms with Crippen LogP contribution < -0.4 is 10.6 Å². The first-order chi connectivity index (χ1) is 14.2. The van der Waals surface area contributed by atoms with Crippen LogP contribution in [0, 0.1) is 16.0 Å². The second-order valence-electron chi connectivity index (χ2n) is 7.17. The van der Waals surface area contributed by atoms with Crippen LogP contribution in [0.1, 0.15) is 37.0 Å². The van der Waals surface area contributed by atoms with Crippen molar-refractivity contribution < 1.29 is 24.0 Å². The molecule has 0 bridgehead atoms. The number of amides is 2. The number of nitrogens with one attached hydrogen (secondary N) is 2. The van der Waals surface area contributed by atoms with Crippen molar-refractivity contribution in [2.45, 2.75) is 32.7 Å². The van der Waals surface area contributed by atoms with Gasteiger partial charge >= 0.3 is 5.97 Å². The summed E-state index contributed by atoms with van der Waals surface area (Å²) in [6, 6.07) is 4.14. The van der Waals surface area contributed by atoms with E-state index >= 15 is 0 Å². The van der Waals surface area contributed by atoms with E-state index in [9.17, 15) is 24.5 Å². The van der Waals surface area contributed by atoms with Crippen LogP contribution in [-0.4, -0.2) is 58.5 Å². The summed E-state index contributed by atoms with van der Waals surface area (Å²) in [5.74, 6) is -1.09. The Hall–Kier alpha value is -3.08. The van der Waals surface area contributed by atoms with E-state index in [0.717, 1.165) is 6.42 Å². The number of ether oxygens (including phenoxy) is 1. The highest BCUT2D eigenvalue weighted by Gasteiger charge is 2.34. The van der Waals surface area contributed by atoms with Crippen LogP contribution in [0.25, 0.3) is 0 Å². The van der Waals surface area contributed by atoms with Gasteiger partial charge in [-0.3, -0.25) is 29.8 Å². The molecule has 2 N–H and O–H groups in total. The van der Waals surface area contributed by atoms with E-state index in [4.69, 9.17) is 17.0 Å². The molecule has 0 saturated carbocycles. The molecule has 10 nitrogen and oxygen atoms in total. The van der Waals surface area contributed by atoms with Crippen LogP contribution >= 0.6 is 12.2 Å². The minimum absolute atomic E-state index is 0.00631. The van der Waals surface area contributed by atoms with E-state index in [1.54, 1.807) is 0 Å². The van der Waals surface area contributed by atoms with Gasteiger partial charge in [-0.25, -0.2) is 0 Å². The minimum Gasteiger partial charge on any atom is -0.466 e. The van der Waals surface area contributed by atoms with Crippen molar-refractivity contribution in [1.29, 1.82) is 0 Å². The zero-order chi connectivity index (χ0) is 22.3. The Balaban J connectivity index is 2.00. The molecule has 1 unspecified atom stereocenters. The lowest BCUT2D eigenvalue weighted by Gasteiger charge is -2.36. The quantitative estimate of drug-likeness (QED) is 0.284. The maximum atomic E-state index is 12.4. The molecule has 0 spiro atoms. The number of thiocarbonyl (C=S) groups is 1. The Morgan fingerprint density at radius 3 is 2.63 bits per heavy atom. The smallest absolute Gasteiger partial charge is 0.308 e. The molecule has 0 aromatic heterocycles. The fraction of sp³-hybridized carbons (Fsp3) is 0.474. The normalized spacial score (nSPS) is 16.0. The third kappa shape index (κ3) is 6.48. The number of non-ortho nitro benzene ring substituents is 1.